The number of nitrogens with one attached hydrogen (secondary N) is 2. The minimum absolute atomic E-state index is 0.0371. The van der Waals surface area contributed by atoms with Crippen molar-refractivity contribution in [3.8, 4) is 0 Å². The Morgan fingerprint density at radius 1 is 1.03 bits per heavy atom. The van der Waals surface area contributed by atoms with Crippen LogP contribution in [0.25, 0.3) is 21.1 Å². The quantitative estimate of drug-likeness (QED) is 0.259. The molecule has 0 saturated heterocycles. The van der Waals surface area contributed by atoms with E-state index in [0.29, 0.717) is 16.3 Å². The molecule has 0 aliphatic rings. The van der Waals surface area contributed by atoms with Gasteiger partial charge in [-0.25, -0.2) is 4.98 Å². The van der Waals surface area contributed by atoms with Crippen molar-refractivity contribution in [2.75, 3.05) is 11.9 Å². The van der Waals surface area contributed by atoms with Crippen LogP contribution >= 0.6 is 11.3 Å². The number of thiophene rings is 1. The molecule has 0 aliphatic carbocycles. The first-order valence-electron chi connectivity index (χ1n) is 12.3. The Labute approximate surface area is 224 Å². The first kappa shape index (κ1) is 25.6. The fourth-order valence-electron chi connectivity index (χ4n) is 4.22. The molecular formula is C29H29N5O3S. The zero-order chi connectivity index (χ0) is 27.0. The van der Waals surface area contributed by atoms with Gasteiger partial charge in [0.1, 0.15) is 10.6 Å². The van der Waals surface area contributed by atoms with Crippen LogP contribution in [0.4, 0.5) is 5.69 Å². The van der Waals surface area contributed by atoms with Crippen LogP contribution in [0.15, 0.2) is 65.2 Å². The third kappa shape index (κ3) is 5.29. The van der Waals surface area contributed by atoms with E-state index in [1.54, 1.807) is 31.2 Å². The van der Waals surface area contributed by atoms with E-state index in [0.717, 1.165) is 26.7 Å². The number of fused-ring (bicyclic) bond motifs is 2. The Morgan fingerprint density at radius 2 is 1.84 bits per heavy atom. The number of pyridine rings is 1. The number of carbonyl (C=O) groups is 2. The van der Waals surface area contributed by atoms with Gasteiger partial charge in [-0.2, -0.15) is 0 Å². The van der Waals surface area contributed by atoms with Gasteiger partial charge in [-0.1, -0.05) is 44.1 Å². The molecule has 9 heteroatoms. The van der Waals surface area contributed by atoms with Crippen LogP contribution in [-0.4, -0.2) is 28.5 Å². The van der Waals surface area contributed by atoms with Crippen molar-refractivity contribution in [2.45, 2.75) is 39.2 Å². The van der Waals surface area contributed by atoms with Crippen molar-refractivity contribution in [3.05, 3.63) is 88.1 Å². The van der Waals surface area contributed by atoms with E-state index in [1.165, 1.54) is 16.9 Å². The lowest BCUT2D eigenvalue weighted by Gasteiger charge is -2.19. The number of carbonyl (C=O) groups excluding carboxylic acids is 2. The molecule has 3 heterocycles. The van der Waals surface area contributed by atoms with Crippen LogP contribution in [0.1, 0.15) is 63.9 Å². The van der Waals surface area contributed by atoms with Crippen molar-refractivity contribution in [1.82, 2.24) is 15.5 Å². The second kappa shape index (κ2) is 10.00. The first-order valence-corrected chi connectivity index (χ1v) is 13.1. The topological polar surface area (TPSA) is 123 Å². The maximum absolute atomic E-state index is 13.2. The lowest BCUT2D eigenvalue weighted by atomic mass is 9.86. The summed E-state index contributed by atoms with van der Waals surface area (Å²) in [5, 5.41) is 11.5. The summed E-state index contributed by atoms with van der Waals surface area (Å²) in [5.74, 6) is -0.0588. The van der Waals surface area contributed by atoms with Crippen LogP contribution in [-0.2, 0) is 5.41 Å². The molecule has 8 nitrogen and oxygen atoms in total. The van der Waals surface area contributed by atoms with E-state index < -0.39 is 6.04 Å². The van der Waals surface area contributed by atoms with Crippen LogP contribution in [0.5, 0.6) is 0 Å². The van der Waals surface area contributed by atoms with Crippen LogP contribution < -0.4 is 16.4 Å². The Bertz CT molecular complexity index is 1660. The Morgan fingerprint density at radius 3 is 2.55 bits per heavy atom. The standard InChI is InChI=1S/C29H29N5O3S/c1-16-10-23(34-37-16)26(35)31-21-7-5-6-17(13-21)24(15-30)32-27(36)25-14-19-11-18-12-20(29(2,3)4)8-9-22(18)33-28(19)38-25/h5-14,24H,15,30H2,1-4H3,(H,31,35)(H,32,36)/t24-/m1/s1. The van der Waals surface area contributed by atoms with Gasteiger partial charge < -0.3 is 20.9 Å². The average Bonchev–Trinajstić information content (AvgIpc) is 3.51. The number of hydrogen-bond donors (Lipinski definition) is 3. The van der Waals surface area contributed by atoms with Crippen molar-refractivity contribution >= 4 is 50.0 Å². The summed E-state index contributed by atoms with van der Waals surface area (Å²) in [6.07, 6.45) is 0. The van der Waals surface area contributed by atoms with Gasteiger partial charge in [0.15, 0.2) is 5.69 Å². The van der Waals surface area contributed by atoms with E-state index in [9.17, 15) is 9.59 Å². The summed E-state index contributed by atoms with van der Waals surface area (Å²) in [6, 6.07) is 18.6. The lowest BCUT2D eigenvalue weighted by molar-refractivity contribution is 0.0941. The number of benzene rings is 2. The highest BCUT2D eigenvalue weighted by molar-refractivity contribution is 7.20. The fourth-order valence-corrected chi connectivity index (χ4v) is 5.15. The summed E-state index contributed by atoms with van der Waals surface area (Å²) in [6.45, 7) is 8.46. The summed E-state index contributed by atoms with van der Waals surface area (Å²) < 4.78 is 4.97. The van der Waals surface area contributed by atoms with Gasteiger partial charge in [-0.3, -0.25) is 9.59 Å². The molecule has 1 atom stereocenters. The molecule has 0 radical (unpaired) electrons. The SMILES string of the molecule is Cc1cc(C(=O)Nc2cccc([C@@H](CN)NC(=O)c3cc4cc5cc(C(C)(C)C)ccc5nc4s3)c2)no1. The van der Waals surface area contributed by atoms with Crippen LogP contribution in [0.2, 0.25) is 0 Å². The molecule has 3 aromatic heterocycles. The Kier molecular flexibility index (Phi) is 6.73. The maximum Gasteiger partial charge on any atom is 0.277 e. The molecule has 38 heavy (non-hydrogen) atoms. The number of rotatable bonds is 6. The molecule has 0 unspecified atom stereocenters. The van der Waals surface area contributed by atoms with Crippen LogP contribution in [0.3, 0.4) is 0 Å². The van der Waals surface area contributed by atoms with Gasteiger partial charge in [-0.05, 0) is 59.9 Å². The van der Waals surface area contributed by atoms with Gasteiger partial charge in [0.05, 0.1) is 16.4 Å². The smallest absolute Gasteiger partial charge is 0.277 e. The Hall–Kier alpha value is -4.08. The summed E-state index contributed by atoms with van der Waals surface area (Å²) in [5.41, 5.74) is 9.74. The van der Waals surface area contributed by atoms with Crippen LogP contribution in [0, 0.1) is 6.92 Å². The van der Waals surface area contributed by atoms with Gasteiger partial charge in [0.25, 0.3) is 11.8 Å². The predicted octanol–water partition coefficient (Wildman–Crippen LogP) is 5.73. The Balaban J connectivity index is 1.35. The molecule has 0 bridgehead atoms. The van der Waals surface area contributed by atoms with E-state index >= 15 is 0 Å². The van der Waals surface area contributed by atoms with E-state index in [2.05, 4.69) is 54.8 Å². The first-order chi connectivity index (χ1) is 18.1. The molecule has 0 spiro atoms. The number of hydrogen-bond acceptors (Lipinski definition) is 7. The molecule has 5 aromatic rings. The highest BCUT2D eigenvalue weighted by atomic mass is 32.1. The third-order valence-corrected chi connectivity index (χ3v) is 7.38. The van der Waals surface area contributed by atoms with Gasteiger partial charge in [0, 0.05) is 29.1 Å². The molecule has 194 valence electrons. The number of amides is 2. The number of aryl methyl sites for hydroxylation is 1. The largest absolute Gasteiger partial charge is 0.361 e. The monoisotopic (exact) mass is 527 g/mol. The normalized spacial score (nSPS) is 12.6. The predicted molar refractivity (Wildman–Crippen MR) is 151 cm³/mol. The molecular weight excluding hydrogens is 498 g/mol. The molecule has 2 aromatic carbocycles. The van der Waals surface area contributed by atoms with Gasteiger partial charge >= 0.3 is 0 Å². The number of aromatic nitrogens is 2. The van der Waals surface area contributed by atoms with Crippen molar-refractivity contribution < 1.29 is 14.1 Å². The number of nitrogens with two attached hydrogens (primary N) is 1. The fraction of sp³-hybridized carbons (Fsp3) is 0.241. The average molecular weight is 528 g/mol. The van der Waals surface area contributed by atoms with E-state index in [-0.39, 0.29) is 29.5 Å². The summed E-state index contributed by atoms with van der Waals surface area (Å²) in [4.78, 5) is 31.8. The molecule has 0 aliphatic heterocycles. The maximum atomic E-state index is 13.2. The number of anilines is 1. The zero-order valence-corrected chi connectivity index (χ0v) is 22.5. The van der Waals surface area contributed by atoms with Gasteiger partial charge in [-0.15, -0.1) is 11.3 Å². The molecule has 5 rings (SSSR count). The number of nitrogens with zero attached hydrogens (tertiary/aromatic N) is 2. The van der Waals surface area contributed by atoms with Crippen molar-refractivity contribution in [2.24, 2.45) is 5.73 Å². The second-order valence-electron chi connectivity index (χ2n) is 10.3. The van der Waals surface area contributed by atoms with E-state index in [4.69, 9.17) is 15.2 Å². The highest BCUT2D eigenvalue weighted by Crippen LogP contribution is 2.31. The zero-order valence-electron chi connectivity index (χ0n) is 21.7. The lowest BCUT2D eigenvalue weighted by Crippen LogP contribution is -2.33. The van der Waals surface area contributed by atoms with Crippen molar-refractivity contribution in [3.63, 3.8) is 0 Å². The minimum Gasteiger partial charge on any atom is -0.361 e. The molecule has 0 saturated carbocycles. The van der Waals surface area contributed by atoms with Crippen molar-refractivity contribution in [1.29, 1.82) is 0 Å². The third-order valence-electron chi connectivity index (χ3n) is 6.34. The summed E-state index contributed by atoms with van der Waals surface area (Å²) in [7, 11) is 0. The second-order valence-corrected chi connectivity index (χ2v) is 11.3. The van der Waals surface area contributed by atoms with Gasteiger partial charge in [0.2, 0.25) is 0 Å². The molecule has 0 fully saturated rings. The highest BCUT2D eigenvalue weighted by Gasteiger charge is 2.19. The molecule has 4 N–H and O–H groups in total. The minimum atomic E-state index is -0.444. The van der Waals surface area contributed by atoms with E-state index in [1.807, 2.05) is 18.2 Å². The molecule has 2 amide bonds. The summed E-state index contributed by atoms with van der Waals surface area (Å²) >= 11 is 1.35.